The van der Waals surface area contributed by atoms with E-state index in [4.69, 9.17) is 9.72 Å². The summed E-state index contributed by atoms with van der Waals surface area (Å²) in [5, 5.41) is 2.97. The highest BCUT2D eigenvalue weighted by Crippen LogP contribution is 2.25. The van der Waals surface area contributed by atoms with Crippen molar-refractivity contribution in [3.05, 3.63) is 56.2 Å². The zero-order chi connectivity index (χ0) is 25.5. The molecule has 3 heterocycles. The van der Waals surface area contributed by atoms with Crippen LogP contribution in [0, 0.1) is 6.92 Å². The lowest BCUT2D eigenvalue weighted by atomic mass is 10.1. The molecule has 10 nitrogen and oxygen atoms in total. The van der Waals surface area contributed by atoms with Gasteiger partial charge in [-0.3, -0.25) is 18.5 Å². The maximum absolute atomic E-state index is 13.2. The van der Waals surface area contributed by atoms with Crippen LogP contribution in [0.1, 0.15) is 44.7 Å². The Kier molecular flexibility index (Phi) is 6.48. The molecule has 1 amide bonds. The predicted molar refractivity (Wildman–Crippen MR) is 135 cm³/mol. The number of amides is 1. The smallest absolute Gasteiger partial charge is 0.407 e. The van der Waals surface area contributed by atoms with Crippen LogP contribution in [-0.4, -0.2) is 49.5 Å². The number of imidazole rings is 1. The number of ether oxygens (including phenoxy) is 1. The highest BCUT2D eigenvalue weighted by molar-refractivity contribution is 5.75. The van der Waals surface area contributed by atoms with Crippen molar-refractivity contribution in [1.82, 2.24) is 24.0 Å². The zero-order valence-corrected chi connectivity index (χ0v) is 21.3. The van der Waals surface area contributed by atoms with Crippen molar-refractivity contribution in [3.8, 4) is 0 Å². The summed E-state index contributed by atoms with van der Waals surface area (Å²) in [6, 6.07) is 7.88. The number of nitrogens with zero attached hydrogens (tertiary/aromatic N) is 5. The van der Waals surface area contributed by atoms with E-state index in [-0.39, 0.29) is 11.6 Å². The number of alkyl carbamates (subject to hydrolysis) is 1. The van der Waals surface area contributed by atoms with Gasteiger partial charge in [0.2, 0.25) is 5.95 Å². The van der Waals surface area contributed by atoms with Crippen LogP contribution in [0.5, 0.6) is 0 Å². The van der Waals surface area contributed by atoms with E-state index in [9.17, 15) is 14.4 Å². The number of hydrogen-bond donors (Lipinski definition) is 1. The molecule has 0 saturated carbocycles. The van der Waals surface area contributed by atoms with Crippen LogP contribution in [0.3, 0.4) is 0 Å². The SMILES string of the molecule is Cc1ccccc1Cn1c(N2CCCC(NC(=O)OC(C)(C)C)C2)nc2c1c(=O)n(C)c(=O)n2C. The lowest BCUT2D eigenvalue weighted by molar-refractivity contribution is 0.0500. The predicted octanol–water partition coefficient (Wildman–Crippen LogP) is 2.28. The zero-order valence-electron chi connectivity index (χ0n) is 21.3. The lowest BCUT2D eigenvalue weighted by Gasteiger charge is -2.34. The number of hydrogen-bond acceptors (Lipinski definition) is 6. The third kappa shape index (κ3) is 4.96. The number of carbonyl (C=O) groups excluding carboxylic acids is 1. The largest absolute Gasteiger partial charge is 0.444 e. The number of anilines is 1. The normalized spacial score (nSPS) is 16.5. The average molecular weight is 483 g/mol. The van der Waals surface area contributed by atoms with Gasteiger partial charge in [0.1, 0.15) is 5.60 Å². The van der Waals surface area contributed by atoms with Crippen molar-refractivity contribution in [2.75, 3.05) is 18.0 Å². The van der Waals surface area contributed by atoms with Gasteiger partial charge in [-0.1, -0.05) is 24.3 Å². The van der Waals surface area contributed by atoms with Crippen LogP contribution in [0.25, 0.3) is 11.2 Å². The Bertz CT molecular complexity index is 1380. The minimum absolute atomic E-state index is 0.128. The van der Waals surface area contributed by atoms with Crippen molar-refractivity contribution in [2.45, 2.75) is 58.7 Å². The second-order valence-corrected chi connectivity index (χ2v) is 10.2. The van der Waals surface area contributed by atoms with Gasteiger partial charge in [-0.2, -0.15) is 4.98 Å². The van der Waals surface area contributed by atoms with Gasteiger partial charge in [0.25, 0.3) is 5.56 Å². The summed E-state index contributed by atoms with van der Waals surface area (Å²) in [6.07, 6.45) is 1.20. The molecule has 1 unspecified atom stereocenters. The second kappa shape index (κ2) is 9.24. The number of nitrogens with one attached hydrogen (secondary N) is 1. The Morgan fingerprint density at radius 3 is 2.57 bits per heavy atom. The molecule has 0 bridgehead atoms. The molecule has 1 N–H and O–H groups in total. The Morgan fingerprint density at radius 1 is 1.17 bits per heavy atom. The quantitative estimate of drug-likeness (QED) is 0.612. The molecular weight excluding hydrogens is 448 g/mol. The van der Waals surface area contributed by atoms with Gasteiger partial charge in [-0.15, -0.1) is 0 Å². The average Bonchev–Trinajstić information content (AvgIpc) is 3.16. The maximum Gasteiger partial charge on any atom is 0.407 e. The Hall–Kier alpha value is -3.56. The molecule has 1 atom stereocenters. The summed E-state index contributed by atoms with van der Waals surface area (Å²) in [5.41, 5.74) is 1.52. The van der Waals surface area contributed by atoms with Gasteiger partial charge in [-0.05, 0) is 51.7 Å². The maximum atomic E-state index is 13.2. The van der Waals surface area contributed by atoms with E-state index in [0.717, 1.165) is 35.1 Å². The summed E-state index contributed by atoms with van der Waals surface area (Å²) >= 11 is 0. The van der Waals surface area contributed by atoms with E-state index in [1.54, 1.807) is 7.05 Å². The first-order valence-electron chi connectivity index (χ1n) is 11.9. The van der Waals surface area contributed by atoms with Gasteiger partial charge in [-0.25, -0.2) is 9.59 Å². The molecule has 0 spiro atoms. The standard InChI is InChI=1S/C25H34N6O4/c1-16-10-7-8-11-17(16)14-31-19-20(28(5)24(34)29(6)21(19)32)27-22(31)30-13-9-12-18(15-30)26-23(33)35-25(2,3)4/h7-8,10-11,18H,9,12-15H2,1-6H3,(H,26,33). The number of benzene rings is 1. The van der Waals surface area contributed by atoms with Crippen LogP contribution in [0.2, 0.25) is 0 Å². The van der Waals surface area contributed by atoms with E-state index < -0.39 is 17.4 Å². The van der Waals surface area contributed by atoms with Crippen LogP contribution in [-0.2, 0) is 25.4 Å². The molecule has 10 heteroatoms. The number of piperidine rings is 1. The molecule has 1 aliphatic rings. The highest BCUT2D eigenvalue weighted by atomic mass is 16.6. The molecule has 2 aromatic heterocycles. The van der Waals surface area contributed by atoms with Crippen LogP contribution in [0.15, 0.2) is 33.9 Å². The molecule has 188 valence electrons. The van der Waals surface area contributed by atoms with Gasteiger partial charge in [0.05, 0.1) is 6.54 Å². The minimum Gasteiger partial charge on any atom is -0.444 e. The third-order valence-corrected chi connectivity index (χ3v) is 6.34. The topological polar surface area (TPSA) is 103 Å². The first-order valence-corrected chi connectivity index (χ1v) is 11.9. The summed E-state index contributed by atoms with van der Waals surface area (Å²) in [5.74, 6) is 0.609. The Balaban J connectivity index is 1.76. The van der Waals surface area contributed by atoms with Crippen LogP contribution >= 0.6 is 0 Å². The van der Waals surface area contributed by atoms with Gasteiger partial charge < -0.3 is 15.0 Å². The minimum atomic E-state index is -0.579. The lowest BCUT2D eigenvalue weighted by Crippen LogP contribution is -2.49. The molecule has 35 heavy (non-hydrogen) atoms. The molecular formula is C25H34N6O4. The van der Waals surface area contributed by atoms with Crippen LogP contribution < -0.4 is 21.5 Å². The fourth-order valence-electron chi connectivity index (χ4n) is 4.53. The van der Waals surface area contributed by atoms with Crippen molar-refractivity contribution in [3.63, 3.8) is 0 Å². The first-order chi connectivity index (χ1) is 16.5. The number of rotatable bonds is 4. The van der Waals surface area contributed by atoms with E-state index in [0.29, 0.717) is 30.2 Å². The third-order valence-electron chi connectivity index (χ3n) is 6.34. The van der Waals surface area contributed by atoms with Gasteiger partial charge in [0.15, 0.2) is 11.2 Å². The fraction of sp³-hybridized carbons (Fsp3) is 0.520. The first kappa shape index (κ1) is 24.6. The second-order valence-electron chi connectivity index (χ2n) is 10.2. The van der Waals surface area contributed by atoms with E-state index >= 15 is 0 Å². The summed E-state index contributed by atoms with van der Waals surface area (Å²) in [6.45, 7) is 9.20. The van der Waals surface area contributed by atoms with Gasteiger partial charge >= 0.3 is 11.8 Å². The Labute approximate surface area is 204 Å². The molecule has 1 aromatic carbocycles. The number of carbonyl (C=O) groups is 1. The molecule has 0 aliphatic carbocycles. The van der Waals surface area contributed by atoms with E-state index in [1.165, 1.54) is 11.6 Å². The summed E-state index contributed by atoms with van der Waals surface area (Å²) in [4.78, 5) is 45.1. The fourth-order valence-corrected chi connectivity index (χ4v) is 4.53. The molecule has 1 saturated heterocycles. The van der Waals surface area contributed by atoms with Crippen molar-refractivity contribution in [2.24, 2.45) is 14.1 Å². The number of aromatic nitrogens is 4. The summed E-state index contributed by atoms with van der Waals surface area (Å²) < 4.78 is 9.86. The molecule has 0 radical (unpaired) electrons. The Morgan fingerprint density at radius 2 is 1.89 bits per heavy atom. The van der Waals surface area contributed by atoms with Gasteiger partial charge in [0, 0.05) is 33.2 Å². The highest BCUT2D eigenvalue weighted by Gasteiger charge is 2.29. The molecule has 3 aromatic rings. The van der Waals surface area contributed by atoms with E-state index in [2.05, 4.69) is 10.2 Å². The monoisotopic (exact) mass is 482 g/mol. The van der Waals surface area contributed by atoms with Crippen LogP contribution in [0.4, 0.5) is 10.7 Å². The van der Waals surface area contributed by atoms with Crippen molar-refractivity contribution in [1.29, 1.82) is 0 Å². The summed E-state index contributed by atoms with van der Waals surface area (Å²) in [7, 11) is 3.11. The number of aryl methyl sites for hydroxylation is 2. The molecule has 4 rings (SSSR count). The molecule has 1 fully saturated rings. The number of fused-ring (bicyclic) bond motifs is 1. The van der Waals surface area contributed by atoms with E-state index in [1.807, 2.05) is 56.5 Å². The molecule has 1 aliphatic heterocycles. The van der Waals surface area contributed by atoms with Crippen molar-refractivity contribution >= 4 is 23.2 Å². The van der Waals surface area contributed by atoms with Crippen molar-refractivity contribution < 1.29 is 9.53 Å².